The van der Waals surface area contributed by atoms with Crippen molar-refractivity contribution < 1.29 is 0 Å². The Bertz CT molecular complexity index is 271. The second-order valence-corrected chi connectivity index (χ2v) is 5.97. The molecule has 5 heteroatoms. The summed E-state index contributed by atoms with van der Waals surface area (Å²) in [6.07, 6.45) is 0. The molecule has 88 valence electrons. The van der Waals surface area contributed by atoms with Crippen LogP contribution in [0.2, 0.25) is 0 Å². The highest BCUT2D eigenvalue weighted by atomic mass is 79.9. The minimum Gasteiger partial charge on any atom is -0.318 e. The van der Waals surface area contributed by atoms with Gasteiger partial charge in [0.2, 0.25) is 0 Å². The van der Waals surface area contributed by atoms with Crippen LogP contribution in [-0.4, -0.2) is 32.1 Å². The van der Waals surface area contributed by atoms with Gasteiger partial charge in [-0.1, -0.05) is 0 Å². The van der Waals surface area contributed by atoms with Crippen molar-refractivity contribution in [2.75, 3.05) is 27.2 Å². The minimum absolute atomic E-state index is 0. The Morgan fingerprint density at radius 3 is 2.67 bits per heavy atom. The monoisotopic (exact) mass is 312 g/mol. The van der Waals surface area contributed by atoms with E-state index in [1.807, 2.05) is 18.4 Å². The van der Waals surface area contributed by atoms with Gasteiger partial charge in [-0.25, -0.2) is 0 Å². The third-order valence-corrected chi connectivity index (χ3v) is 4.20. The molecule has 0 saturated heterocycles. The van der Waals surface area contributed by atoms with E-state index in [1.165, 1.54) is 14.2 Å². The number of aryl methyl sites for hydroxylation is 1. The van der Waals surface area contributed by atoms with Gasteiger partial charge in [-0.3, -0.25) is 0 Å². The molecule has 0 unspecified atom stereocenters. The van der Waals surface area contributed by atoms with Crippen LogP contribution in [0.5, 0.6) is 0 Å². The lowest BCUT2D eigenvalue weighted by Crippen LogP contribution is -2.26. The van der Waals surface area contributed by atoms with Crippen LogP contribution in [0.4, 0.5) is 0 Å². The molecule has 1 N–H and O–H groups in total. The molecular formula is C10H18BrClN2S. The summed E-state index contributed by atoms with van der Waals surface area (Å²) in [5.41, 5.74) is 1.34. The normalized spacial score (nSPS) is 10.5. The molecule has 1 heterocycles. The van der Waals surface area contributed by atoms with Crippen molar-refractivity contribution >= 4 is 39.7 Å². The van der Waals surface area contributed by atoms with Crippen LogP contribution in [0.1, 0.15) is 10.4 Å². The Hall–Kier alpha value is 0.390. The molecule has 1 aromatic heterocycles. The van der Waals surface area contributed by atoms with Gasteiger partial charge in [-0.2, -0.15) is 0 Å². The average molecular weight is 314 g/mol. The highest BCUT2D eigenvalue weighted by Gasteiger charge is 2.05. The highest BCUT2D eigenvalue weighted by molar-refractivity contribution is 9.11. The number of likely N-dealkylation sites (N-methyl/N-ethyl adjacent to an activating group) is 2. The summed E-state index contributed by atoms with van der Waals surface area (Å²) < 4.78 is 1.26. The molecule has 0 aliphatic carbocycles. The molecule has 0 radical (unpaired) electrons. The van der Waals surface area contributed by atoms with Crippen LogP contribution in [0.3, 0.4) is 0 Å². The van der Waals surface area contributed by atoms with Crippen molar-refractivity contribution in [3.8, 4) is 0 Å². The maximum Gasteiger partial charge on any atom is 0.0730 e. The Labute approximate surface area is 111 Å². The maximum atomic E-state index is 3.55. The summed E-state index contributed by atoms with van der Waals surface area (Å²) in [7, 11) is 4.14. The zero-order valence-electron chi connectivity index (χ0n) is 9.34. The number of hydrogen-bond donors (Lipinski definition) is 1. The van der Waals surface area contributed by atoms with E-state index >= 15 is 0 Å². The Morgan fingerprint density at radius 2 is 2.20 bits per heavy atom. The Morgan fingerprint density at radius 1 is 1.53 bits per heavy atom. The van der Waals surface area contributed by atoms with E-state index in [4.69, 9.17) is 0 Å². The van der Waals surface area contributed by atoms with Crippen molar-refractivity contribution in [2.45, 2.75) is 13.5 Å². The predicted molar refractivity (Wildman–Crippen MR) is 74.3 cm³/mol. The standard InChI is InChI=1S/C10H17BrN2S.ClH/c1-8-6-9(14-10(8)11)7-13(3)5-4-12-2;/h6,12H,4-5,7H2,1-3H3;1H. The van der Waals surface area contributed by atoms with Gasteiger partial charge in [0, 0.05) is 24.5 Å². The first-order valence-corrected chi connectivity index (χ1v) is 6.32. The number of rotatable bonds is 5. The molecule has 0 aromatic carbocycles. The summed E-state index contributed by atoms with van der Waals surface area (Å²) in [4.78, 5) is 3.75. The van der Waals surface area contributed by atoms with Gasteiger partial charge in [0.25, 0.3) is 0 Å². The van der Waals surface area contributed by atoms with Crippen molar-refractivity contribution in [3.63, 3.8) is 0 Å². The third kappa shape index (κ3) is 5.31. The van der Waals surface area contributed by atoms with E-state index in [9.17, 15) is 0 Å². The number of thiophene rings is 1. The van der Waals surface area contributed by atoms with Crippen LogP contribution in [0.25, 0.3) is 0 Å². The summed E-state index contributed by atoms with van der Waals surface area (Å²) in [5, 5.41) is 3.15. The van der Waals surface area contributed by atoms with Gasteiger partial charge in [0.15, 0.2) is 0 Å². The second-order valence-electron chi connectivity index (χ2n) is 3.51. The Kier molecular flexibility index (Phi) is 7.83. The Balaban J connectivity index is 0.00000196. The molecular weight excluding hydrogens is 296 g/mol. The first-order chi connectivity index (χ1) is 6.63. The van der Waals surface area contributed by atoms with E-state index in [2.05, 4.69) is 46.2 Å². The lowest BCUT2D eigenvalue weighted by molar-refractivity contribution is 0.331. The van der Waals surface area contributed by atoms with Crippen LogP contribution in [0.15, 0.2) is 9.85 Å². The van der Waals surface area contributed by atoms with Gasteiger partial charge in [0.05, 0.1) is 3.79 Å². The van der Waals surface area contributed by atoms with Gasteiger partial charge in [0.1, 0.15) is 0 Å². The molecule has 0 aliphatic heterocycles. The highest BCUT2D eigenvalue weighted by Crippen LogP contribution is 2.27. The van der Waals surface area contributed by atoms with Crippen molar-refractivity contribution in [1.82, 2.24) is 10.2 Å². The molecule has 0 aliphatic rings. The molecule has 0 amide bonds. The fourth-order valence-electron chi connectivity index (χ4n) is 1.25. The van der Waals surface area contributed by atoms with Crippen LogP contribution in [-0.2, 0) is 6.54 Å². The molecule has 15 heavy (non-hydrogen) atoms. The van der Waals surface area contributed by atoms with Gasteiger partial charge in [-0.15, -0.1) is 23.7 Å². The largest absolute Gasteiger partial charge is 0.318 e. The van der Waals surface area contributed by atoms with Gasteiger partial charge >= 0.3 is 0 Å². The summed E-state index contributed by atoms with van der Waals surface area (Å²) in [6.45, 7) is 5.31. The molecule has 2 nitrogen and oxygen atoms in total. The van der Waals surface area contributed by atoms with E-state index in [0.29, 0.717) is 0 Å². The lowest BCUT2D eigenvalue weighted by Gasteiger charge is -2.14. The molecule has 0 saturated carbocycles. The SMILES string of the molecule is CNCCN(C)Cc1cc(C)c(Br)s1.Cl. The molecule has 1 rings (SSSR count). The third-order valence-electron chi connectivity index (χ3n) is 2.08. The molecule has 0 fully saturated rings. The average Bonchev–Trinajstić information content (AvgIpc) is 2.42. The zero-order chi connectivity index (χ0) is 10.6. The molecule has 0 bridgehead atoms. The number of halogens is 2. The molecule has 0 atom stereocenters. The van der Waals surface area contributed by atoms with Crippen LogP contribution < -0.4 is 5.32 Å². The summed E-state index contributed by atoms with van der Waals surface area (Å²) in [5.74, 6) is 0. The van der Waals surface area contributed by atoms with E-state index < -0.39 is 0 Å². The maximum absolute atomic E-state index is 3.55. The summed E-state index contributed by atoms with van der Waals surface area (Å²) >= 11 is 5.38. The topological polar surface area (TPSA) is 15.3 Å². The van der Waals surface area contributed by atoms with Crippen LogP contribution >= 0.6 is 39.7 Å². The predicted octanol–water partition coefficient (Wildman–Crippen LogP) is 2.89. The van der Waals surface area contributed by atoms with E-state index in [1.54, 1.807) is 0 Å². The number of nitrogens with zero attached hydrogens (tertiary/aromatic N) is 1. The second kappa shape index (κ2) is 7.63. The smallest absolute Gasteiger partial charge is 0.0730 e. The van der Waals surface area contributed by atoms with E-state index in [0.717, 1.165) is 19.6 Å². The fraction of sp³-hybridized carbons (Fsp3) is 0.600. The number of nitrogens with one attached hydrogen (secondary N) is 1. The zero-order valence-corrected chi connectivity index (χ0v) is 12.6. The number of hydrogen-bond acceptors (Lipinski definition) is 3. The quantitative estimate of drug-likeness (QED) is 0.899. The van der Waals surface area contributed by atoms with Crippen LogP contribution in [0, 0.1) is 6.92 Å². The van der Waals surface area contributed by atoms with Gasteiger partial charge in [-0.05, 0) is 48.6 Å². The summed E-state index contributed by atoms with van der Waals surface area (Å²) in [6, 6.07) is 2.25. The lowest BCUT2D eigenvalue weighted by atomic mass is 10.3. The van der Waals surface area contributed by atoms with Gasteiger partial charge < -0.3 is 10.2 Å². The first-order valence-electron chi connectivity index (χ1n) is 4.71. The fourth-order valence-corrected chi connectivity index (χ4v) is 2.96. The minimum atomic E-state index is 0. The first kappa shape index (κ1) is 15.4. The van der Waals surface area contributed by atoms with Crippen molar-refractivity contribution in [2.24, 2.45) is 0 Å². The van der Waals surface area contributed by atoms with Crippen molar-refractivity contribution in [3.05, 3.63) is 20.3 Å². The molecule has 0 spiro atoms. The molecule has 1 aromatic rings. The van der Waals surface area contributed by atoms with E-state index in [-0.39, 0.29) is 12.4 Å². The van der Waals surface area contributed by atoms with Crippen molar-refractivity contribution in [1.29, 1.82) is 0 Å².